The van der Waals surface area contributed by atoms with Crippen molar-refractivity contribution in [3.8, 4) is 5.75 Å². The van der Waals surface area contributed by atoms with E-state index in [1.807, 2.05) is 38.1 Å². The van der Waals surface area contributed by atoms with Gasteiger partial charge in [0.2, 0.25) is 0 Å². The van der Waals surface area contributed by atoms with Crippen molar-refractivity contribution in [3.63, 3.8) is 0 Å². The van der Waals surface area contributed by atoms with Crippen molar-refractivity contribution in [1.82, 2.24) is 0 Å². The van der Waals surface area contributed by atoms with Crippen LogP contribution in [0.25, 0.3) is 6.08 Å². The first-order chi connectivity index (χ1) is 13.1. The fourth-order valence-corrected chi connectivity index (χ4v) is 2.14. The molecule has 0 saturated carbocycles. The number of rotatable bonds is 13. The van der Waals surface area contributed by atoms with Gasteiger partial charge in [0.15, 0.2) is 0 Å². The second-order valence-corrected chi connectivity index (χ2v) is 6.46. The molecule has 1 aromatic rings. The second-order valence-electron chi connectivity index (χ2n) is 6.46. The average Bonchev–Trinajstić information content (AvgIpc) is 2.69. The normalized spacial score (nSPS) is 12.0. The van der Waals surface area contributed by atoms with Gasteiger partial charge in [-0.3, -0.25) is 4.79 Å². The third-order valence-corrected chi connectivity index (χ3v) is 4.10. The Morgan fingerprint density at radius 1 is 0.963 bits per heavy atom. The molecule has 0 amide bonds. The van der Waals surface area contributed by atoms with Crippen molar-refractivity contribution in [3.05, 3.63) is 35.9 Å². The minimum Gasteiger partial charge on any atom is -0.494 e. The Labute approximate surface area is 162 Å². The van der Waals surface area contributed by atoms with Crippen molar-refractivity contribution in [2.45, 2.75) is 52.9 Å². The minimum absolute atomic E-state index is 0.0939. The zero-order valence-corrected chi connectivity index (χ0v) is 16.7. The van der Waals surface area contributed by atoms with Crippen LogP contribution in [0.4, 0.5) is 0 Å². The van der Waals surface area contributed by atoms with Crippen LogP contribution < -0.4 is 4.74 Å². The number of benzene rings is 1. The fourth-order valence-electron chi connectivity index (χ4n) is 2.14. The molecule has 150 valence electrons. The molecule has 1 aromatic carbocycles. The maximum atomic E-state index is 11.7. The van der Waals surface area contributed by atoms with Gasteiger partial charge in [-0.2, -0.15) is 0 Å². The quantitative estimate of drug-likeness (QED) is 0.281. The molecule has 0 bridgehead atoms. The van der Waals surface area contributed by atoms with Gasteiger partial charge in [0.25, 0.3) is 0 Å². The Balaban J connectivity index is 2.22. The highest BCUT2D eigenvalue weighted by molar-refractivity contribution is 5.87. The summed E-state index contributed by atoms with van der Waals surface area (Å²) in [4.78, 5) is 23.2. The topological polar surface area (TPSA) is 61.8 Å². The van der Waals surface area contributed by atoms with Gasteiger partial charge < -0.3 is 14.2 Å². The van der Waals surface area contributed by atoms with Crippen molar-refractivity contribution in [2.75, 3.05) is 19.8 Å². The summed E-state index contributed by atoms with van der Waals surface area (Å²) in [5.41, 5.74) is 0.898. The predicted octanol–water partition coefficient (Wildman–Crippen LogP) is 4.79. The van der Waals surface area contributed by atoms with Gasteiger partial charge in [-0.15, -0.1) is 0 Å². The molecule has 1 unspecified atom stereocenters. The summed E-state index contributed by atoms with van der Waals surface area (Å²) in [5.74, 6) is 0.117. The summed E-state index contributed by atoms with van der Waals surface area (Å²) in [7, 11) is 0. The molecule has 5 heteroatoms. The van der Waals surface area contributed by atoms with Gasteiger partial charge in [-0.1, -0.05) is 45.7 Å². The summed E-state index contributed by atoms with van der Waals surface area (Å²) in [6.45, 7) is 7.14. The third-order valence-electron chi connectivity index (χ3n) is 4.10. The Morgan fingerprint density at radius 2 is 1.67 bits per heavy atom. The van der Waals surface area contributed by atoms with E-state index in [-0.39, 0.29) is 25.1 Å². The van der Waals surface area contributed by atoms with Crippen LogP contribution in [0.5, 0.6) is 5.75 Å². The lowest BCUT2D eigenvalue weighted by Gasteiger charge is -2.08. The lowest BCUT2D eigenvalue weighted by molar-refractivity contribution is -0.148. The molecule has 0 spiro atoms. The summed E-state index contributed by atoms with van der Waals surface area (Å²) >= 11 is 0. The largest absolute Gasteiger partial charge is 0.494 e. The SMILES string of the molecule is CCCCCOc1ccc(/C=C/C(=O)OCCCOC(=O)C(C)CC)cc1. The van der Waals surface area contributed by atoms with Crippen LogP contribution in [-0.4, -0.2) is 31.8 Å². The van der Waals surface area contributed by atoms with Crippen LogP contribution in [0, 0.1) is 5.92 Å². The van der Waals surface area contributed by atoms with Crippen LogP contribution in [0.1, 0.15) is 58.4 Å². The van der Waals surface area contributed by atoms with E-state index in [0.717, 1.165) is 30.8 Å². The molecule has 0 N–H and O–H groups in total. The fraction of sp³-hybridized carbons (Fsp3) is 0.545. The molecule has 27 heavy (non-hydrogen) atoms. The molecule has 0 heterocycles. The Morgan fingerprint density at radius 3 is 2.33 bits per heavy atom. The number of hydrogen-bond acceptors (Lipinski definition) is 5. The van der Waals surface area contributed by atoms with Crippen molar-refractivity contribution >= 4 is 18.0 Å². The number of hydrogen-bond donors (Lipinski definition) is 0. The smallest absolute Gasteiger partial charge is 0.330 e. The van der Waals surface area contributed by atoms with E-state index in [2.05, 4.69) is 6.92 Å². The van der Waals surface area contributed by atoms with Crippen LogP contribution in [0.15, 0.2) is 30.3 Å². The minimum atomic E-state index is -0.414. The molecular formula is C22H32O5. The monoisotopic (exact) mass is 376 g/mol. The van der Waals surface area contributed by atoms with Gasteiger partial charge in [0, 0.05) is 12.5 Å². The highest BCUT2D eigenvalue weighted by Gasteiger charge is 2.11. The Kier molecular flexibility index (Phi) is 11.7. The first-order valence-corrected chi connectivity index (χ1v) is 9.81. The summed E-state index contributed by atoms with van der Waals surface area (Å²) in [5, 5.41) is 0. The van der Waals surface area contributed by atoms with Crippen LogP contribution >= 0.6 is 0 Å². The molecule has 0 fully saturated rings. The molecular weight excluding hydrogens is 344 g/mol. The van der Waals surface area contributed by atoms with Gasteiger partial charge in [-0.25, -0.2) is 4.79 Å². The lowest BCUT2D eigenvalue weighted by atomic mass is 10.1. The zero-order valence-electron chi connectivity index (χ0n) is 16.7. The number of carbonyl (C=O) groups is 2. The van der Waals surface area contributed by atoms with Crippen molar-refractivity contribution < 1.29 is 23.8 Å². The van der Waals surface area contributed by atoms with Crippen LogP contribution in [-0.2, 0) is 19.1 Å². The summed E-state index contributed by atoms with van der Waals surface area (Å²) < 4.78 is 15.8. The zero-order chi connectivity index (χ0) is 19.9. The second kappa shape index (κ2) is 13.8. The molecule has 1 rings (SSSR count). The average molecular weight is 376 g/mol. The first kappa shape index (κ1) is 22.7. The van der Waals surface area contributed by atoms with E-state index in [1.54, 1.807) is 6.08 Å². The maximum absolute atomic E-state index is 11.7. The molecule has 0 aromatic heterocycles. The maximum Gasteiger partial charge on any atom is 0.330 e. The number of carbonyl (C=O) groups excluding carboxylic acids is 2. The number of unbranched alkanes of at least 4 members (excludes halogenated alkanes) is 2. The molecule has 1 atom stereocenters. The Bertz CT molecular complexity index is 577. The molecule has 0 aliphatic heterocycles. The first-order valence-electron chi connectivity index (χ1n) is 9.81. The van der Waals surface area contributed by atoms with Crippen LogP contribution in [0.3, 0.4) is 0 Å². The van der Waals surface area contributed by atoms with E-state index in [0.29, 0.717) is 6.42 Å². The van der Waals surface area contributed by atoms with Gasteiger partial charge in [0.1, 0.15) is 5.75 Å². The van der Waals surface area contributed by atoms with E-state index < -0.39 is 5.97 Å². The van der Waals surface area contributed by atoms with E-state index in [1.165, 1.54) is 18.9 Å². The van der Waals surface area contributed by atoms with Gasteiger partial charge in [-0.05, 0) is 36.6 Å². The molecule has 5 nitrogen and oxygen atoms in total. The third kappa shape index (κ3) is 10.4. The molecule has 0 aliphatic rings. The van der Waals surface area contributed by atoms with E-state index in [9.17, 15) is 9.59 Å². The molecule has 0 saturated heterocycles. The van der Waals surface area contributed by atoms with E-state index >= 15 is 0 Å². The number of esters is 2. The molecule has 0 radical (unpaired) electrons. The standard InChI is InChI=1S/C22H32O5/c1-4-6-7-15-25-20-12-9-19(10-13-20)11-14-21(23)26-16-8-17-27-22(24)18(3)5-2/h9-14,18H,4-8,15-17H2,1-3H3/b14-11+. The van der Waals surface area contributed by atoms with Gasteiger partial charge >= 0.3 is 11.9 Å². The number of ether oxygens (including phenoxy) is 3. The lowest BCUT2D eigenvalue weighted by Crippen LogP contribution is -2.15. The highest BCUT2D eigenvalue weighted by atomic mass is 16.5. The summed E-state index contributed by atoms with van der Waals surface area (Å²) in [6, 6.07) is 7.58. The Hall–Kier alpha value is -2.30. The summed E-state index contributed by atoms with van der Waals surface area (Å²) in [6.07, 6.45) is 7.74. The van der Waals surface area contributed by atoms with Gasteiger partial charge in [0.05, 0.1) is 25.7 Å². The van der Waals surface area contributed by atoms with Crippen molar-refractivity contribution in [1.29, 1.82) is 0 Å². The van der Waals surface area contributed by atoms with Crippen LogP contribution in [0.2, 0.25) is 0 Å². The van der Waals surface area contributed by atoms with E-state index in [4.69, 9.17) is 14.2 Å². The van der Waals surface area contributed by atoms with Crippen molar-refractivity contribution in [2.24, 2.45) is 5.92 Å². The predicted molar refractivity (Wildman–Crippen MR) is 106 cm³/mol. The highest BCUT2D eigenvalue weighted by Crippen LogP contribution is 2.14. The molecule has 0 aliphatic carbocycles.